The Kier molecular flexibility index (Phi) is 9.47. The second kappa shape index (κ2) is 14.7. The first kappa shape index (κ1) is 30.8. The minimum Gasteiger partial charge on any atom is -0.383 e. The van der Waals surface area contributed by atoms with E-state index >= 15 is 0 Å². The molecule has 0 radical (unpaired) electrons. The number of anilines is 1. The van der Waals surface area contributed by atoms with Crippen LogP contribution in [0.2, 0.25) is 0 Å². The number of benzene rings is 6. The van der Waals surface area contributed by atoms with E-state index in [0.717, 1.165) is 41.9 Å². The molecule has 0 bridgehead atoms. The van der Waals surface area contributed by atoms with Gasteiger partial charge in [0.15, 0.2) is 0 Å². The highest BCUT2D eigenvalue weighted by molar-refractivity contribution is 5.76. The average Bonchev–Trinajstić information content (AvgIpc) is 3.11. The molecule has 0 saturated heterocycles. The van der Waals surface area contributed by atoms with Crippen LogP contribution >= 0.6 is 0 Å². The van der Waals surface area contributed by atoms with Crippen LogP contribution in [0.3, 0.4) is 0 Å². The van der Waals surface area contributed by atoms with E-state index in [1.807, 2.05) is 0 Å². The zero-order valence-corrected chi connectivity index (χ0v) is 27.1. The van der Waals surface area contributed by atoms with Crippen LogP contribution in [0.25, 0.3) is 11.1 Å². The van der Waals surface area contributed by atoms with Gasteiger partial charge in [0.2, 0.25) is 0 Å². The Morgan fingerprint density at radius 1 is 0.354 bits per heavy atom. The summed E-state index contributed by atoms with van der Waals surface area (Å²) in [6, 6.07) is 58.0. The molecule has 2 N–H and O–H groups in total. The van der Waals surface area contributed by atoms with Crippen molar-refractivity contribution < 1.29 is 0 Å². The summed E-state index contributed by atoms with van der Waals surface area (Å²) in [5.41, 5.74) is 19.8. The van der Waals surface area contributed by atoms with Gasteiger partial charge in [-0.25, -0.2) is 9.97 Å². The molecule has 3 heteroatoms. The van der Waals surface area contributed by atoms with Crippen molar-refractivity contribution in [3.63, 3.8) is 0 Å². The van der Waals surface area contributed by atoms with E-state index in [1.165, 1.54) is 44.5 Å². The first-order valence-electron chi connectivity index (χ1n) is 16.7. The fourth-order valence-corrected chi connectivity index (χ4v) is 6.39. The van der Waals surface area contributed by atoms with Crippen molar-refractivity contribution in [2.24, 2.45) is 0 Å². The molecule has 0 fully saturated rings. The van der Waals surface area contributed by atoms with Gasteiger partial charge in [-0.1, -0.05) is 164 Å². The predicted octanol–water partition coefficient (Wildman–Crippen LogP) is 9.68. The first-order valence-corrected chi connectivity index (χ1v) is 16.7. The standard InChI is InChI=1S/C45H39N3/c46-45-44(41-25-23-37(24-26-41)28-34-13-6-2-7-14-34)42(31-38-21-19-36(20-22-38)27-33-11-4-1-5-12-33)47-43(48-45)32-40-18-10-17-39(30-40)29-35-15-8-3-9-16-35/h1-26,30H,27-29,31-32H2,(H2,46,47,48). The van der Waals surface area contributed by atoms with Crippen LogP contribution in [-0.4, -0.2) is 9.97 Å². The molecule has 6 aromatic carbocycles. The van der Waals surface area contributed by atoms with E-state index in [4.69, 9.17) is 15.7 Å². The maximum atomic E-state index is 6.81. The Morgan fingerprint density at radius 3 is 1.27 bits per heavy atom. The predicted molar refractivity (Wildman–Crippen MR) is 198 cm³/mol. The minimum atomic E-state index is 0.520. The summed E-state index contributed by atoms with van der Waals surface area (Å²) < 4.78 is 0. The highest BCUT2D eigenvalue weighted by Gasteiger charge is 2.16. The van der Waals surface area contributed by atoms with Crippen molar-refractivity contribution in [1.82, 2.24) is 9.97 Å². The molecule has 0 saturated carbocycles. The Labute approximate surface area is 283 Å². The Balaban J connectivity index is 1.18. The molecule has 1 heterocycles. The molecular weight excluding hydrogens is 583 g/mol. The molecule has 7 rings (SSSR count). The lowest BCUT2D eigenvalue weighted by atomic mass is 9.96. The van der Waals surface area contributed by atoms with Gasteiger partial charge in [0.05, 0.1) is 5.69 Å². The molecule has 0 spiro atoms. The summed E-state index contributed by atoms with van der Waals surface area (Å²) >= 11 is 0. The van der Waals surface area contributed by atoms with Crippen LogP contribution in [0.4, 0.5) is 5.82 Å². The molecule has 3 nitrogen and oxygen atoms in total. The molecule has 0 unspecified atom stereocenters. The molecule has 234 valence electrons. The number of aromatic nitrogens is 2. The van der Waals surface area contributed by atoms with E-state index in [2.05, 4.69) is 164 Å². The normalized spacial score (nSPS) is 11.0. The number of nitrogen functional groups attached to an aromatic ring is 1. The van der Waals surface area contributed by atoms with Gasteiger partial charge >= 0.3 is 0 Å². The van der Waals surface area contributed by atoms with E-state index in [0.29, 0.717) is 18.7 Å². The Bertz CT molecular complexity index is 2070. The number of hydrogen-bond donors (Lipinski definition) is 1. The fraction of sp³-hybridized carbons (Fsp3) is 0.111. The molecule has 1 aromatic heterocycles. The summed E-state index contributed by atoms with van der Waals surface area (Å²) in [6.45, 7) is 0. The number of nitrogens with zero attached hydrogens (tertiary/aromatic N) is 2. The lowest BCUT2D eigenvalue weighted by Gasteiger charge is -2.15. The smallest absolute Gasteiger partial charge is 0.135 e. The van der Waals surface area contributed by atoms with Gasteiger partial charge in [0.1, 0.15) is 11.6 Å². The van der Waals surface area contributed by atoms with E-state index < -0.39 is 0 Å². The Hall–Kier alpha value is -5.80. The fourth-order valence-electron chi connectivity index (χ4n) is 6.39. The summed E-state index contributed by atoms with van der Waals surface area (Å²) in [4.78, 5) is 10.1. The molecule has 48 heavy (non-hydrogen) atoms. The van der Waals surface area contributed by atoms with Crippen molar-refractivity contribution in [3.8, 4) is 11.1 Å². The Morgan fingerprint density at radius 2 is 0.750 bits per heavy atom. The highest BCUT2D eigenvalue weighted by Crippen LogP contribution is 2.31. The molecular formula is C45H39N3. The highest BCUT2D eigenvalue weighted by atomic mass is 15.0. The zero-order valence-electron chi connectivity index (χ0n) is 27.1. The quantitative estimate of drug-likeness (QED) is 0.156. The summed E-state index contributed by atoms with van der Waals surface area (Å²) in [6.07, 6.45) is 3.97. The van der Waals surface area contributed by atoms with Gasteiger partial charge < -0.3 is 5.73 Å². The van der Waals surface area contributed by atoms with Gasteiger partial charge in [-0.05, 0) is 69.3 Å². The second-order valence-corrected chi connectivity index (χ2v) is 12.5. The third kappa shape index (κ3) is 7.94. The largest absolute Gasteiger partial charge is 0.383 e. The summed E-state index contributed by atoms with van der Waals surface area (Å²) in [5, 5.41) is 0. The van der Waals surface area contributed by atoms with Crippen molar-refractivity contribution in [3.05, 3.63) is 220 Å². The van der Waals surface area contributed by atoms with Crippen molar-refractivity contribution in [1.29, 1.82) is 0 Å². The van der Waals surface area contributed by atoms with Gasteiger partial charge in [-0.3, -0.25) is 0 Å². The maximum absolute atomic E-state index is 6.81. The van der Waals surface area contributed by atoms with Crippen LogP contribution in [0, 0.1) is 0 Å². The van der Waals surface area contributed by atoms with Crippen molar-refractivity contribution in [2.45, 2.75) is 32.1 Å². The minimum absolute atomic E-state index is 0.520. The van der Waals surface area contributed by atoms with E-state index in [9.17, 15) is 0 Å². The SMILES string of the molecule is Nc1nc(Cc2cccc(Cc3ccccc3)c2)nc(Cc2ccc(Cc3ccccc3)cc2)c1-c1ccc(Cc2ccccc2)cc1. The number of nitrogens with two attached hydrogens (primary N) is 1. The molecule has 0 aliphatic heterocycles. The molecule has 0 amide bonds. The van der Waals surface area contributed by atoms with Crippen LogP contribution in [0.15, 0.2) is 164 Å². The molecule has 0 aliphatic carbocycles. The van der Waals surface area contributed by atoms with Gasteiger partial charge in [0, 0.05) is 18.4 Å². The van der Waals surface area contributed by atoms with Crippen molar-refractivity contribution >= 4 is 5.82 Å². The second-order valence-electron chi connectivity index (χ2n) is 12.5. The van der Waals surface area contributed by atoms with Gasteiger partial charge in [0.25, 0.3) is 0 Å². The third-order valence-corrected chi connectivity index (χ3v) is 8.80. The van der Waals surface area contributed by atoms with Crippen molar-refractivity contribution in [2.75, 3.05) is 5.73 Å². The van der Waals surface area contributed by atoms with Crippen LogP contribution < -0.4 is 5.73 Å². The first-order chi connectivity index (χ1) is 23.6. The third-order valence-electron chi connectivity index (χ3n) is 8.80. The van der Waals surface area contributed by atoms with E-state index in [1.54, 1.807) is 0 Å². The lowest BCUT2D eigenvalue weighted by molar-refractivity contribution is 0.924. The average molecular weight is 622 g/mol. The molecule has 0 aliphatic rings. The summed E-state index contributed by atoms with van der Waals surface area (Å²) in [5.74, 6) is 1.26. The summed E-state index contributed by atoms with van der Waals surface area (Å²) in [7, 11) is 0. The van der Waals surface area contributed by atoms with E-state index in [-0.39, 0.29) is 0 Å². The van der Waals surface area contributed by atoms with Gasteiger partial charge in [-0.15, -0.1) is 0 Å². The topological polar surface area (TPSA) is 51.8 Å². The van der Waals surface area contributed by atoms with Crippen LogP contribution in [0.1, 0.15) is 56.0 Å². The molecule has 0 atom stereocenters. The van der Waals surface area contributed by atoms with Crippen LogP contribution in [-0.2, 0) is 32.1 Å². The monoisotopic (exact) mass is 621 g/mol. The maximum Gasteiger partial charge on any atom is 0.135 e. The number of hydrogen-bond acceptors (Lipinski definition) is 3. The lowest BCUT2D eigenvalue weighted by Crippen LogP contribution is -2.09. The van der Waals surface area contributed by atoms with Gasteiger partial charge in [-0.2, -0.15) is 0 Å². The van der Waals surface area contributed by atoms with Crippen LogP contribution in [0.5, 0.6) is 0 Å². The number of rotatable bonds is 11. The molecule has 7 aromatic rings. The zero-order chi connectivity index (χ0) is 32.5.